The molecule has 0 heterocycles. The SMILES string of the molecule is CC/C(I)=C/[C@H](C)CC#C[Si](C)(C)C. The molecule has 14 heavy (non-hydrogen) atoms. The lowest BCUT2D eigenvalue weighted by Crippen LogP contribution is -2.16. The van der Waals surface area contributed by atoms with Gasteiger partial charge in [0.05, 0.1) is 0 Å². The second kappa shape index (κ2) is 6.68. The molecule has 0 unspecified atom stereocenters. The number of halogens is 1. The Hall–Kier alpha value is 0.247. The normalized spacial score (nSPS) is 14.6. The fourth-order valence-electron chi connectivity index (χ4n) is 0.963. The third kappa shape index (κ3) is 8.83. The molecule has 0 saturated carbocycles. The van der Waals surface area contributed by atoms with E-state index in [0.29, 0.717) is 5.92 Å². The van der Waals surface area contributed by atoms with E-state index < -0.39 is 8.07 Å². The molecular formula is C12H21ISi. The summed E-state index contributed by atoms with van der Waals surface area (Å²) in [7, 11) is -1.16. The molecule has 0 fully saturated rings. The van der Waals surface area contributed by atoms with E-state index >= 15 is 0 Å². The van der Waals surface area contributed by atoms with Crippen molar-refractivity contribution in [3.05, 3.63) is 9.66 Å². The Morgan fingerprint density at radius 2 is 2.00 bits per heavy atom. The molecule has 1 atom stereocenters. The van der Waals surface area contributed by atoms with E-state index in [9.17, 15) is 0 Å². The maximum atomic E-state index is 3.40. The number of allylic oxidation sites excluding steroid dienone is 2. The zero-order valence-corrected chi connectivity index (χ0v) is 13.1. The van der Waals surface area contributed by atoms with E-state index in [1.54, 1.807) is 0 Å². The Morgan fingerprint density at radius 3 is 2.43 bits per heavy atom. The molecule has 0 nitrogen and oxygen atoms in total. The van der Waals surface area contributed by atoms with Gasteiger partial charge in [-0.15, -0.1) is 11.5 Å². The van der Waals surface area contributed by atoms with E-state index in [2.05, 4.69) is 73.6 Å². The van der Waals surface area contributed by atoms with Crippen molar-refractivity contribution in [1.29, 1.82) is 0 Å². The Kier molecular flexibility index (Phi) is 6.80. The molecule has 0 aliphatic heterocycles. The maximum Gasteiger partial charge on any atom is 0.129 e. The van der Waals surface area contributed by atoms with Crippen LogP contribution in [0.25, 0.3) is 0 Å². The van der Waals surface area contributed by atoms with Crippen LogP contribution in [-0.2, 0) is 0 Å². The zero-order valence-electron chi connectivity index (χ0n) is 9.95. The molecule has 0 aliphatic carbocycles. The van der Waals surface area contributed by atoms with Gasteiger partial charge in [-0.25, -0.2) is 0 Å². The van der Waals surface area contributed by atoms with E-state index in [4.69, 9.17) is 0 Å². The van der Waals surface area contributed by atoms with Gasteiger partial charge in [-0.1, -0.05) is 39.6 Å². The van der Waals surface area contributed by atoms with Gasteiger partial charge in [0.1, 0.15) is 8.07 Å². The Bertz CT molecular complexity index is 250. The predicted molar refractivity (Wildman–Crippen MR) is 77.3 cm³/mol. The smallest absolute Gasteiger partial charge is 0.129 e. The highest BCUT2D eigenvalue weighted by Crippen LogP contribution is 2.15. The largest absolute Gasteiger partial charge is 0.132 e. The van der Waals surface area contributed by atoms with Gasteiger partial charge >= 0.3 is 0 Å². The zero-order chi connectivity index (χ0) is 11.2. The lowest BCUT2D eigenvalue weighted by molar-refractivity contribution is 0.755. The summed E-state index contributed by atoms with van der Waals surface area (Å²) in [6.45, 7) is 11.3. The molecule has 0 spiro atoms. The molecule has 0 amide bonds. The Balaban J connectivity index is 4.07. The van der Waals surface area contributed by atoms with E-state index in [1.165, 1.54) is 3.58 Å². The van der Waals surface area contributed by atoms with Crippen molar-refractivity contribution >= 4 is 30.7 Å². The quantitative estimate of drug-likeness (QED) is 0.404. The highest BCUT2D eigenvalue weighted by molar-refractivity contribution is 14.1. The summed E-state index contributed by atoms with van der Waals surface area (Å²) in [4.78, 5) is 0. The summed E-state index contributed by atoms with van der Waals surface area (Å²) < 4.78 is 1.45. The Morgan fingerprint density at radius 1 is 1.43 bits per heavy atom. The van der Waals surface area contributed by atoms with E-state index in [1.807, 2.05) is 0 Å². The lowest BCUT2D eigenvalue weighted by Gasteiger charge is -2.05. The first-order valence-electron chi connectivity index (χ1n) is 5.21. The third-order valence-electron chi connectivity index (χ3n) is 1.69. The van der Waals surface area contributed by atoms with Gasteiger partial charge in [-0.05, 0) is 38.5 Å². The molecular weight excluding hydrogens is 299 g/mol. The fraction of sp³-hybridized carbons (Fsp3) is 0.667. The van der Waals surface area contributed by atoms with Gasteiger partial charge in [0, 0.05) is 6.42 Å². The molecule has 2 heteroatoms. The van der Waals surface area contributed by atoms with Gasteiger partial charge in [-0.3, -0.25) is 0 Å². The standard InChI is InChI=1S/C12H21ISi/c1-6-12(13)10-11(2)8-7-9-14(3,4)5/h10-11H,6,8H2,1-5H3/b12-10-/t11-/m1/s1. The van der Waals surface area contributed by atoms with Crippen molar-refractivity contribution < 1.29 is 0 Å². The van der Waals surface area contributed by atoms with Gasteiger partial charge < -0.3 is 0 Å². The van der Waals surface area contributed by atoms with Gasteiger partial charge in [0.15, 0.2) is 0 Å². The van der Waals surface area contributed by atoms with Crippen molar-refractivity contribution in [2.24, 2.45) is 5.92 Å². The first-order valence-corrected chi connectivity index (χ1v) is 9.79. The van der Waals surface area contributed by atoms with Crippen LogP contribution in [0.4, 0.5) is 0 Å². The molecule has 0 bridgehead atoms. The monoisotopic (exact) mass is 320 g/mol. The van der Waals surface area contributed by atoms with Gasteiger partial charge in [0.2, 0.25) is 0 Å². The number of hydrogen-bond acceptors (Lipinski definition) is 0. The van der Waals surface area contributed by atoms with Crippen molar-refractivity contribution in [3.63, 3.8) is 0 Å². The second-order valence-corrected chi connectivity index (χ2v) is 10.8. The van der Waals surface area contributed by atoms with Crippen LogP contribution in [0.3, 0.4) is 0 Å². The van der Waals surface area contributed by atoms with Crippen molar-refractivity contribution in [3.8, 4) is 11.5 Å². The minimum Gasteiger partial charge on any atom is -0.132 e. The fourth-order valence-corrected chi connectivity index (χ4v) is 2.21. The summed E-state index contributed by atoms with van der Waals surface area (Å²) in [6, 6.07) is 0. The van der Waals surface area contributed by atoms with Gasteiger partial charge in [-0.2, -0.15) is 0 Å². The molecule has 0 aromatic heterocycles. The first-order chi connectivity index (χ1) is 6.35. The minimum absolute atomic E-state index is 0.602. The summed E-state index contributed by atoms with van der Waals surface area (Å²) in [5.41, 5.74) is 3.40. The average molecular weight is 320 g/mol. The van der Waals surface area contributed by atoms with Crippen molar-refractivity contribution in [2.75, 3.05) is 0 Å². The molecule has 0 aliphatic rings. The molecule has 0 N–H and O–H groups in total. The van der Waals surface area contributed by atoms with Crippen LogP contribution < -0.4 is 0 Å². The summed E-state index contributed by atoms with van der Waals surface area (Å²) >= 11 is 2.41. The number of rotatable bonds is 3. The summed E-state index contributed by atoms with van der Waals surface area (Å²) in [5, 5.41) is 0. The van der Waals surface area contributed by atoms with Crippen LogP contribution in [0.1, 0.15) is 26.7 Å². The third-order valence-corrected chi connectivity index (χ3v) is 3.74. The summed E-state index contributed by atoms with van der Waals surface area (Å²) in [5.74, 6) is 3.92. The van der Waals surface area contributed by atoms with Crippen molar-refractivity contribution in [1.82, 2.24) is 0 Å². The molecule has 0 radical (unpaired) electrons. The van der Waals surface area contributed by atoms with Crippen LogP contribution in [0.2, 0.25) is 19.6 Å². The van der Waals surface area contributed by atoms with Crippen molar-refractivity contribution in [2.45, 2.75) is 46.3 Å². The molecule has 80 valence electrons. The maximum absolute atomic E-state index is 3.40. The van der Waals surface area contributed by atoms with Crippen LogP contribution in [0.15, 0.2) is 9.66 Å². The lowest BCUT2D eigenvalue weighted by atomic mass is 10.1. The second-order valence-electron chi connectivity index (χ2n) is 4.70. The topological polar surface area (TPSA) is 0 Å². The van der Waals surface area contributed by atoms with Crippen LogP contribution in [-0.4, -0.2) is 8.07 Å². The van der Waals surface area contributed by atoms with E-state index in [-0.39, 0.29) is 0 Å². The van der Waals surface area contributed by atoms with Gasteiger partial charge in [0.25, 0.3) is 0 Å². The molecule has 0 rings (SSSR count). The molecule has 0 aromatic carbocycles. The molecule has 0 saturated heterocycles. The Labute approximate surface area is 104 Å². The van der Waals surface area contributed by atoms with E-state index in [0.717, 1.165) is 12.8 Å². The average Bonchev–Trinajstić information content (AvgIpc) is 2.01. The highest BCUT2D eigenvalue weighted by atomic mass is 127. The van der Waals surface area contributed by atoms with Crippen LogP contribution >= 0.6 is 22.6 Å². The predicted octanol–water partition coefficient (Wildman–Crippen LogP) is 4.62. The van der Waals surface area contributed by atoms with Crippen LogP contribution in [0.5, 0.6) is 0 Å². The van der Waals surface area contributed by atoms with Crippen LogP contribution in [0, 0.1) is 17.4 Å². The number of hydrogen-bond donors (Lipinski definition) is 0. The first kappa shape index (κ1) is 14.2. The summed E-state index contributed by atoms with van der Waals surface area (Å²) in [6.07, 6.45) is 4.49. The minimum atomic E-state index is -1.16. The molecule has 0 aromatic rings. The highest BCUT2D eigenvalue weighted by Gasteiger charge is 2.07.